The van der Waals surface area contributed by atoms with Gasteiger partial charge in [-0.05, 0) is 19.3 Å². The van der Waals surface area contributed by atoms with Crippen molar-refractivity contribution in [3.05, 3.63) is 18.1 Å². The topological polar surface area (TPSA) is 85.4 Å². The molecule has 2 heterocycles. The molecule has 1 fully saturated rings. The van der Waals surface area contributed by atoms with Crippen molar-refractivity contribution in [2.45, 2.75) is 25.4 Å². The molecular formula is C14H22N4O3. The predicted molar refractivity (Wildman–Crippen MR) is 78.3 cm³/mol. The predicted octanol–water partition coefficient (Wildman–Crippen LogP) is 0.834. The highest BCUT2D eigenvalue weighted by Gasteiger charge is 2.17. The fourth-order valence-electron chi connectivity index (χ4n) is 2.11. The number of ether oxygens (including phenoxy) is 2. The van der Waals surface area contributed by atoms with Crippen LogP contribution in [-0.2, 0) is 9.47 Å². The van der Waals surface area contributed by atoms with Crippen molar-refractivity contribution in [2.75, 3.05) is 38.7 Å². The molecule has 1 unspecified atom stereocenters. The molecule has 2 rings (SSSR count). The van der Waals surface area contributed by atoms with Gasteiger partial charge in [0.25, 0.3) is 5.91 Å². The van der Waals surface area contributed by atoms with Crippen LogP contribution in [0.4, 0.5) is 5.82 Å². The van der Waals surface area contributed by atoms with Gasteiger partial charge in [-0.25, -0.2) is 9.97 Å². The molecule has 7 heteroatoms. The maximum absolute atomic E-state index is 12.0. The summed E-state index contributed by atoms with van der Waals surface area (Å²) in [4.78, 5) is 20.1. The Morgan fingerprint density at radius 3 is 3.19 bits per heavy atom. The van der Waals surface area contributed by atoms with Gasteiger partial charge in [0.05, 0.1) is 6.10 Å². The van der Waals surface area contributed by atoms with Gasteiger partial charge in [0.1, 0.15) is 17.8 Å². The molecule has 2 N–H and O–H groups in total. The van der Waals surface area contributed by atoms with Gasteiger partial charge in [0.2, 0.25) is 0 Å². The third-order valence-electron chi connectivity index (χ3n) is 3.25. The summed E-state index contributed by atoms with van der Waals surface area (Å²) < 4.78 is 10.4. The van der Waals surface area contributed by atoms with E-state index in [0.717, 1.165) is 32.4 Å². The zero-order chi connectivity index (χ0) is 14.9. The lowest BCUT2D eigenvalue weighted by Crippen LogP contribution is -2.32. The first-order valence-electron chi connectivity index (χ1n) is 7.24. The fourth-order valence-corrected chi connectivity index (χ4v) is 2.11. The van der Waals surface area contributed by atoms with Gasteiger partial charge in [-0.2, -0.15) is 0 Å². The summed E-state index contributed by atoms with van der Waals surface area (Å²) in [5.41, 5.74) is 0.359. The monoisotopic (exact) mass is 294 g/mol. The third-order valence-corrected chi connectivity index (χ3v) is 3.25. The lowest BCUT2D eigenvalue weighted by atomic mass is 10.2. The van der Waals surface area contributed by atoms with Crippen molar-refractivity contribution in [1.29, 1.82) is 0 Å². The summed E-state index contributed by atoms with van der Waals surface area (Å²) in [6, 6.07) is 1.65. The van der Waals surface area contributed by atoms with E-state index in [4.69, 9.17) is 9.47 Å². The first kappa shape index (κ1) is 15.7. The van der Waals surface area contributed by atoms with Crippen LogP contribution >= 0.6 is 0 Å². The van der Waals surface area contributed by atoms with Gasteiger partial charge in [0, 0.05) is 39.5 Å². The quantitative estimate of drug-likeness (QED) is 0.691. The normalized spacial score (nSPS) is 17.7. The molecule has 1 saturated heterocycles. The van der Waals surface area contributed by atoms with E-state index >= 15 is 0 Å². The number of anilines is 1. The van der Waals surface area contributed by atoms with Gasteiger partial charge in [-0.1, -0.05) is 0 Å². The molecule has 1 aliphatic heterocycles. The van der Waals surface area contributed by atoms with Crippen molar-refractivity contribution < 1.29 is 14.3 Å². The first-order valence-corrected chi connectivity index (χ1v) is 7.24. The molecule has 0 saturated carbocycles. The lowest BCUT2D eigenvalue weighted by molar-refractivity contribution is 0.0853. The molecule has 0 aliphatic carbocycles. The molecule has 0 bridgehead atoms. The van der Waals surface area contributed by atoms with Crippen LogP contribution in [0.5, 0.6) is 0 Å². The highest BCUT2D eigenvalue weighted by Crippen LogP contribution is 2.11. The van der Waals surface area contributed by atoms with Gasteiger partial charge < -0.3 is 20.1 Å². The Balaban J connectivity index is 1.79. The molecule has 1 aliphatic rings. The van der Waals surface area contributed by atoms with E-state index in [2.05, 4.69) is 20.6 Å². The smallest absolute Gasteiger partial charge is 0.270 e. The zero-order valence-electron chi connectivity index (χ0n) is 12.3. The summed E-state index contributed by atoms with van der Waals surface area (Å²) in [5.74, 6) is 0.441. The van der Waals surface area contributed by atoms with Crippen LogP contribution in [0.15, 0.2) is 12.4 Å². The molecule has 1 atom stereocenters. The highest BCUT2D eigenvalue weighted by molar-refractivity contribution is 5.92. The number of carbonyl (C=O) groups excluding carboxylic acids is 1. The minimum Gasteiger partial charge on any atom is -0.385 e. The second-order valence-corrected chi connectivity index (χ2v) is 4.91. The molecule has 21 heavy (non-hydrogen) atoms. The van der Waals surface area contributed by atoms with Gasteiger partial charge >= 0.3 is 0 Å². The van der Waals surface area contributed by atoms with E-state index < -0.39 is 0 Å². The number of carbonyl (C=O) groups is 1. The Morgan fingerprint density at radius 2 is 2.43 bits per heavy atom. The van der Waals surface area contributed by atoms with E-state index in [1.165, 1.54) is 6.33 Å². The van der Waals surface area contributed by atoms with Crippen LogP contribution in [0.2, 0.25) is 0 Å². The number of nitrogens with one attached hydrogen (secondary N) is 2. The van der Waals surface area contributed by atoms with Gasteiger partial charge in [-0.3, -0.25) is 4.79 Å². The highest BCUT2D eigenvalue weighted by atomic mass is 16.5. The molecule has 0 radical (unpaired) electrons. The Labute approximate surface area is 124 Å². The average molecular weight is 294 g/mol. The second kappa shape index (κ2) is 8.53. The minimum absolute atomic E-state index is 0.127. The second-order valence-electron chi connectivity index (χ2n) is 4.91. The Kier molecular flexibility index (Phi) is 6.36. The average Bonchev–Trinajstić information content (AvgIpc) is 3.03. The number of rotatable bonds is 8. The summed E-state index contributed by atoms with van der Waals surface area (Å²) in [5, 5.41) is 5.98. The summed E-state index contributed by atoms with van der Waals surface area (Å²) in [6.45, 7) is 2.73. The SMILES string of the molecule is COCCCNc1cc(C(=O)NCC2CCCO2)ncn1. The van der Waals surface area contributed by atoms with Crippen molar-refractivity contribution in [2.24, 2.45) is 0 Å². The van der Waals surface area contributed by atoms with E-state index in [9.17, 15) is 4.79 Å². The number of hydrogen-bond acceptors (Lipinski definition) is 6. The molecule has 0 aromatic carbocycles. The molecule has 7 nitrogen and oxygen atoms in total. The van der Waals surface area contributed by atoms with Crippen molar-refractivity contribution in [3.63, 3.8) is 0 Å². The third kappa shape index (κ3) is 5.28. The van der Waals surface area contributed by atoms with Crippen molar-refractivity contribution in [3.8, 4) is 0 Å². The zero-order valence-corrected chi connectivity index (χ0v) is 12.3. The molecule has 1 aromatic rings. The fraction of sp³-hybridized carbons (Fsp3) is 0.643. The van der Waals surface area contributed by atoms with E-state index in [0.29, 0.717) is 24.7 Å². The largest absolute Gasteiger partial charge is 0.385 e. The van der Waals surface area contributed by atoms with E-state index in [-0.39, 0.29) is 12.0 Å². The number of aromatic nitrogens is 2. The molecule has 1 aromatic heterocycles. The molecular weight excluding hydrogens is 272 g/mol. The molecule has 116 valence electrons. The lowest BCUT2D eigenvalue weighted by Gasteiger charge is -2.11. The minimum atomic E-state index is -0.201. The van der Waals surface area contributed by atoms with Crippen LogP contribution < -0.4 is 10.6 Å². The maximum Gasteiger partial charge on any atom is 0.270 e. The van der Waals surface area contributed by atoms with Crippen LogP contribution in [-0.4, -0.2) is 55.4 Å². The molecule has 0 spiro atoms. The Bertz CT molecular complexity index is 450. The number of methoxy groups -OCH3 is 1. The van der Waals surface area contributed by atoms with Crippen molar-refractivity contribution in [1.82, 2.24) is 15.3 Å². The summed E-state index contributed by atoms with van der Waals surface area (Å²) in [6.07, 6.45) is 4.45. The van der Waals surface area contributed by atoms with Crippen LogP contribution in [0.3, 0.4) is 0 Å². The van der Waals surface area contributed by atoms with E-state index in [1.54, 1.807) is 13.2 Å². The Morgan fingerprint density at radius 1 is 1.52 bits per heavy atom. The molecule has 1 amide bonds. The summed E-state index contributed by atoms with van der Waals surface area (Å²) in [7, 11) is 1.67. The van der Waals surface area contributed by atoms with Crippen LogP contribution in [0, 0.1) is 0 Å². The van der Waals surface area contributed by atoms with Gasteiger partial charge in [0.15, 0.2) is 0 Å². The number of hydrogen-bond donors (Lipinski definition) is 2. The van der Waals surface area contributed by atoms with Crippen molar-refractivity contribution >= 4 is 11.7 Å². The van der Waals surface area contributed by atoms with Crippen LogP contribution in [0.1, 0.15) is 29.8 Å². The number of nitrogens with zero attached hydrogens (tertiary/aromatic N) is 2. The summed E-state index contributed by atoms with van der Waals surface area (Å²) >= 11 is 0. The van der Waals surface area contributed by atoms with Crippen LogP contribution in [0.25, 0.3) is 0 Å². The maximum atomic E-state index is 12.0. The first-order chi connectivity index (χ1) is 10.3. The number of amides is 1. The Hall–Kier alpha value is -1.73. The van der Waals surface area contributed by atoms with Gasteiger partial charge in [-0.15, -0.1) is 0 Å². The van der Waals surface area contributed by atoms with E-state index in [1.807, 2.05) is 0 Å². The standard InChI is InChI=1S/C14H22N4O3/c1-20-6-3-5-15-13-8-12(17-10-18-13)14(19)16-9-11-4-2-7-21-11/h8,10-11H,2-7,9H2,1H3,(H,16,19)(H,15,17,18).